The Balaban J connectivity index is 1.92. The summed E-state index contributed by atoms with van der Waals surface area (Å²) in [6, 6.07) is 10.8. The second kappa shape index (κ2) is 7.86. The summed E-state index contributed by atoms with van der Waals surface area (Å²) in [6.45, 7) is 5.68. The number of hydrogen-bond donors (Lipinski definition) is 2. The SMILES string of the molecule is CC(CC(O)c1ccco1)NC(=O)C(C)(C)Cc1cccc(Cl)c1. The number of furan rings is 1. The first kappa shape index (κ1) is 18.6. The van der Waals surface area contributed by atoms with Crippen molar-refractivity contribution in [2.75, 3.05) is 0 Å². The molecule has 4 nitrogen and oxygen atoms in total. The van der Waals surface area contributed by atoms with Gasteiger partial charge in [0.25, 0.3) is 0 Å². The van der Waals surface area contributed by atoms with E-state index in [-0.39, 0.29) is 11.9 Å². The Morgan fingerprint density at radius 1 is 1.33 bits per heavy atom. The van der Waals surface area contributed by atoms with Gasteiger partial charge in [-0.3, -0.25) is 4.79 Å². The number of rotatable bonds is 7. The lowest BCUT2D eigenvalue weighted by Crippen LogP contribution is -2.43. The average molecular weight is 350 g/mol. The molecule has 1 heterocycles. The Kier molecular flexibility index (Phi) is 6.08. The minimum Gasteiger partial charge on any atom is -0.467 e. The molecule has 0 spiro atoms. The molecule has 0 aliphatic rings. The van der Waals surface area contributed by atoms with E-state index in [1.807, 2.05) is 45.0 Å². The van der Waals surface area contributed by atoms with Gasteiger partial charge in [0, 0.05) is 22.9 Å². The fourth-order valence-corrected chi connectivity index (χ4v) is 2.86. The van der Waals surface area contributed by atoms with Crippen LogP contribution in [0.3, 0.4) is 0 Å². The third kappa shape index (κ3) is 5.11. The van der Waals surface area contributed by atoms with Crippen molar-refractivity contribution >= 4 is 17.5 Å². The number of nitrogens with one attached hydrogen (secondary N) is 1. The lowest BCUT2D eigenvalue weighted by molar-refractivity contribution is -0.130. The molecule has 2 N–H and O–H groups in total. The molecule has 0 aliphatic carbocycles. The molecule has 2 unspecified atom stereocenters. The van der Waals surface area contributed by atoms with E-state index >= 15 is 0 Å². The van der Waals surface area contributed by atoms with Gasteiger partial charge in [-0.05, 0) is 43.2 Å². The van der Waals surface area contributed by atoms with E-state index < -0.39 is 11.5 Å². The van der Waals surface area contributed by atoms with Crippen LogP contribution in [-0.4, -0.2) is 17.1 Å². The zero-order chi connectivity index (χ0) is 17.7. The predicted octanol–water partition coefficient (Wildman–Crippen LogP) is 4.13. The zero-order valence-corrected chi connectivity index (χ0v) is 15.0. The molecule has 2 rings (SSSR count). The van der Waals surface area contributed by atoms with Crippen molar-refractivity contribution in [3.63, 3.8) is 0 Å². The van der Waals surface area contributed by atoms with Crippen molar-refractivity contribution in [2.24, 2.45) is 5.41 Å². The van der Waals surface area contributed by atoms with E-state index in [2.05, 4.69) is 5.32 Å². The topological polar surface area (TPSA) is 62.5 Å². The van der Waals surface area contributed by atoms with Gasteiger partial charge in [-0.25, -0.2) is 0 Å². The highest BCUT2D eigenvalue weighted by Crippen LogP contribution is 2.25. The van der Waals surface area contributed by atoms with Crippen molar-refractivity contribution in [3.05, 3.63) is 59.0 Å². The molecular weight excluding hydrogens is 326 g/mol. The van der Waals surface area contributed by atoms with E-state index in [0.29, 0.717) is 23.6 Å². The highest BCUT2D eigenvalue weighted by Gasteiger charge is 2.29. The molecule has 1 amide bonds. The fraction of sp³-hybridized carbons (Fsp3) is 0.421. The molecule has 5 heteroatoms. The second-order valence-corrected chi connectivity index (χ2v) is 7.27. The number of benzene rings is 1. The van der Waals surface area contributed by atoms with E-state index in [4.69, 9.17) is 16.0 Å². The third-order valence-corrected chi connectivity index (χ3v) is 4.21. The lowest BCUT2D eigenvalue weighted by Gasteiger charge is -2.27. The molecule has 1 aromatic carbocycles. The number of hydrogen-bond acceptors (Lipinski definition) is 3. The summed E-state index contributed by atoms with van der Waals surface area (Å²) in [6.07, 6.45) is 1.78. The predicted molar refractivity (Wildman–Crippen MR) is 94.8 cm³/mol. The van der Waals surface area contributed by atoms with Gasteiger partial charge in [0.15, 0.2) is 0 Å². The van der Waals surface area contributed by atoms with Gasteiger partial charge in [-0.1, -0.05) is 37.6 Å². The van der Waals surface area contributed by atoms with Gasteiger partial charge in [-0.15, -0.1) is 0 Å². The largest absolute Gasteiger partial charge is 0.467 e. The molecule has 2 atom stereocenters. The summed E-state index contributed by atoms with van der Waals surface area (Å²) < 4.78 is 5.18. The lowest BCUT2D eigenvalue weighted by atomic mass is 9.84. The van der Waals surface area contributed by atoms with E-state index in [1.165, 1.54) is 6.26 Å². The van der Waals surface area contributed by atoms with E-state index in [0.717, 1.165) is 5.56 Å². The van der Waals surface area contributed by atoms with Crippen LogP contribution in [0.4, 0.5) is 0 Å². The molecule has 0 radical (unpaired) electrons. The van der Waals surface area contributed by atoms with Crippen LogP contribution < -0.4 is 5.32 Å². The number of aliphatic hydroxyl groups is 1. The summed E-state index contributed by atoms with van der Waals surface area (Å²) in [5, 5.41) is 13.7. The van der Waals surface area contributed by atoms with Gasteiger partial charge in [0.1, 0.15) is 11.9 Å². The maximum Gasteiger partial charge on any atom is 0.226 e. The highest BCUT2D eigenvalue weighted by molar-refractivity contribution is 6.30. The Hall–Kier alpha value is -1.78. The number of carbonyl (C=O) groups excluding carboxylic acids is 1. The number of halogens is 1. The van der Waals surface area contributed by atoms with Crippen LogP contribution in [0.2, 0.25) is 5.02 Å². The number of aliphatic hydroxyl groups excluding tert-OH is 1. The number of carbonyl (C=O) groups is 1. The van der Waals surface area contributed by atoms with Crippen LogP contribution >= 0.6 is 11.6 Å². The molecule has 130 valence electrons. The summed E-state index contributed by atoms with van der Waals surface area (Å²) in [4.78, 5) is 12.6. The van der Waals surface area contributed by atoms with Crippen LogP contribution in [0.25, 0.3) is 0 Å². The number of amides is 1. The Labute approximate surface area is 147 Å². The molecule has 2 aromatic rings. The molecule has 0 saturated heterocycles. The van der Waals surface area contributed by atoms with Gasteiger partial charge >= 0.3 is 0 Å². The van der Waals surface area contributed by atoms with Crippen LogP contribution in [0.1, 0.15) is 44.6 Å². The van der Waals surface area contributed by atoms with Crippen molar-refractivity contribution in [1.82, 2.24) is 5.32 Å². The quantitative estimate of drug-likeness (QED) is 0.790. The maximum absolute atomic E-state index is 12.6. The van der Waals surface area contributed by atoms with Crippen LogP contribution in [0, 0.1) is 5.41 Å². The van der Waals surface area contributed by atoms with Crippen LogP contribution in [-0.2, 0) is 11.2 Å². The Bertz CT molecular complexity index is 667. The molecular formula is C19H24ClNO3. The summed E-state index contributed by atoms with van der Waals surface area (Å²) in [5.41, 5.74) is 0.445. The molecule has 0 bridgehead atoms. The molecule has 0 saturated carbocycles. The van der Waals surface area contributed by atoms with E-state index in [1.54, 1.807) is 12.1 Å². The standard InChI is InChI=1S/C19H24ClNO3/c1-13(10-16(22)17-8-5-9-24-17)21-18(23)19(2,3)12-14-6-4-7-15(20)11-14/h4-9,11,13,16,22H,10,12H2,1-3H3,(H,21,23). The van der Waals surface area contributed by atoms with Crippen molar-refractivity contribution in [1.29, 1.82) is 0 Å². The summed E-state index contributed by atoms with van der Waals surface area (Å²) in [5.74, 6) is 0.455. The Morgan fingerprint density at radius 3 is 2.71 bits per heavy atom. The molecule has 0 aliphatic heterocycles. The maximum atomic E-state index is 12.6. The minimum absolute atomic E-state index is 0.0541. The molecule has 24 heavy (non-hydrogen) atoms. The zero-order valence-electron chi connectivity index (χ0n) is 14.3. The summed E-state index contributed by atoms with van der Waals surface area (Å²) in [7, 11) is 0. The smallest absolute Gasteiger partial charge is 0.226 e. The van der Waals surface area contributed by atoms with Gasteiger partial charge < -0.3 is 14.8 Å². The molecule has 0 fully saturated rings. The van der Waals surface area contributed by atoms with Gasteiger partial charge in [0.05, 0.1) is 6.26 Å². The monoisotopic (exact) mass is 349 g/mol. The van der Waals surface area contributed by atoms with E-state index in [9.17, 15) is 9.90 Å². The van der Waals surface area contributed by atoms with Crippen molar-refractivity contribution in [3.8, 4) is 0 Å². The van der Waals surface area contributed by atoms with Gasteiger partial charge in [-0.2, -0.15) is 0 Å². The average Bonchev–Trinajstić information content (AvgIpc) is 3.00. The second-order valence-electron chi connectivity index (χ2n) is 6.83. The van der Waals surface area contributed by atoms with Crippen LogP contribution in [0.5, 0.6) is 0 Å². The molecule has 1 aromatic heterocycles. The minimum atomic E-state index is -0.730. The van der Waals surface area contributed by atoms with Crippen LogP contribution in [0.15, 0.2) is 47.1 Å². The Morgan fingerprint density at radius 2 is 2.08 bits per heavy atom. The first-order valence-corrected chi connectivity index (χ1v) is 8.42. The van der Waals surface area contributed by atoms with Crippen molar-refractivity contribution < 1.29 is 14.3 Å². The fourth-order valence-electron chi connectivity index (χ4n) is 2.65. The normalized spacial score (nSPS) is 14.2. The first-order valence-electron chi connectivity index (χ1n) is 8.05. The third-order valence-electron chi connectivity index (χ3n) is 3.98. The first-order chi connectivity index (χ1) is 11.3. The van der Waals surface area contributed by atoms with Gasteiger partial charge in [0.2, 0.25) is 5.91 Å². The highest BCUT2D eigenvalue weighted by atomic mass is 35.5. The van der Waals surface area contributed by atoms with Crippen molar-refractivity contribution in [2.45, 2.75) is 45.8 Å². The summed E-state index contributed by atoms with van der Waals surface area (Å²) >= 11 is 6.01.